The van der Waals surface area contributed by atoms with Gasteiger partial charge in [-0.15, -0.1) is 0 Å². The van der Waals surface area contributed by atoms with Crippen molar-refractivity contribution in [3.63, 3.8) is 0 Å². The van der Waals surface area contributed by atoms with E-state index in [-0.39, 0.29) is 16.9 Å². The largest absolute Gasteiger partial charge is 0.322 e. The molecule has 1 amide bonds. The standard InChI is InChI=1S/C15H15N3O5S/c1-10-13(7-4-8-14(10)17-24(2,22)23)15(19)16-11-5-3-6-12(9-11)18(20)21/h3-9,17H,1-2H3,(H,16,19). The molecule has 126 valence electrons. The molecule has 0 fully saturated rings. The lowest BCUT2D eigenvalue weighted by Gasteiger charge is -2.12. The molecule has 2 rings (SSSR count). The molecule has 0 spiro atoms. The van der Waals surface area contributed by atoms with E-state index in [1.54, 1.807) is 19.1 Å². The van der Waals surface area contributed by atoms with E-state index in [2.05, 4.69) is 10.0 Å². The third-order valence-corrected chi connectivity index (χ3v) is 3.78. The number of amides is 1. The van der Waals surface area contributed by atoms with Crippen LogP contribution in [0, 0.1) is 17.0 Å². The maximum absolute atomic E-state index is 12.4. The number of anilines is 2. The molecule has 0 radical (unpaired) electrons. The molecule has 2 aromatic rings. The van der Waals surface area contributed by atoms with Gasteiger partial charge in [0.1, 0.15) is 0 Å². The van der Waals surface area contributed by atoms with Crippen molar-refractivity contribution in [1.29, 1.82) is 0 Å². The van der Waals surface area contributed by atoms with Crippen LogP contribution in [0.1, 0.15) is 15.9 Å². The molecule has 0 unspecified atom stereocenters. The summed E-state index contributed by atoms with van der Waals surface area (Å²) in [5.74, 6) is -0.495. The number of hydrogen-bond acceptors (Lipinski definition) is 5. The van der Waals surface area contributed by atoms with Crippen molar-refractivity contribution in [3.05, 3.63) is 63.7 Å². The summed E-state index contributed by atoms with van der Waals surface area (Å²) in [5.41, 5.74) is 1.14. The van der Waals surface area contributed by atoms with Crippen LogP contribution in [0.3, 0.4) is 0 Å². The molecule has 0 saturated heterocycles. The summed E-state index contributed by atoms with van der Waals surface area (Å²) in [6.45, 7) is 1.61. The number of hydrogen-bond donors (Lipinski definition) is 2. The van der Waals surface area contributed by atoms with E-state index in [1.165, 1.54) is 30.3 Å². The normalized spacial score (nSPS) is 10.9. The molecule has 8 nitrogen and oxygen atoms in total. The predicted octanol–water partition coefficient (Wildman–Crippen LogP) is 2.53. The van der Waals surface area contributed by atoms with E-state index >= 15 is 0 Å². The zero-order valence-corrected chi connectivity index (χ0v) is 13.8. The van der Waals surface area contributed by atoms with Crippen LogP contribution in [-0.4, -0.2) is 25.5 Å². The average Bonchev–Trinajstić information content (AvgIpc) is 2.48. The Balaban J connectivity index is 2.29. The Hall–Kier alpha value is -2.94. The van der Waals surface area contributed by atoms with E-state index in [0.717, 1.165) is 6.26 Å². The number of nitro groups is 1. The van der Waals surface area contributed by atoms with Gasteiger partial charge in [-0.3, -0.25) is 19.6 Å². The molecular formula is C15H15N3O5S. The lowest BCUT2D eigenvalue weighted by atomic mass is 10.1. The molecule has 0 atom stereocenters. The van der Waals surface area contributed by atoms with Crippen molar-refractivity contribution in [1.82, 2.24) is 0 Å². The lowest BCUT2D eigenvalue weighted by Crippen LogP contribution is -2.16. The van der Waals surface area contributed by atoms with E-state index in [1.807, 2.05) is 0 Å². The number of carbonyl (C=O) groups excluding carboxylic acids is 1. The van der Waals surface area contributed by atoms with Crippen LogP contribution in [0.25, 0.3) is 0 Å². The number of carbonyl (C=O) groups is 1. The van der Waals surface area contributed by atoms with E-state index in [9.17, 15) is 23.3 Å². The molecular weight excluding hydrogens is 334 g/mol. The van der Waals surface area contributed by atoms with E-state index in [4.69, 9.17) is 0 Å². The van der Waals surface area contributed by atoms with E-state index < -0.39 is 20.9 Å². The fourth-order valence-corrected chi connectivity index (χ4v) is 2.71. The van der Waals surface area contributed by atoms with Gasteiger partial charge in [0.25, 0.3) is 11.6 Å². The molecule has 0 bridgehead atoms. The number of nitrogens with zero attached hydrogens (tertiary/aromatic N) is 1. The zero-order chi connectivity index (χ0) is 17.9. The summed E-state index contributed by atoms with van der Waals surface area (Å²) in [4.78, 5) is 22.6. The fraction of sp³-hybridized carbons (Fsp3) is 0.133. The Kier molecular flexibility index (Phi) is 4.84. The first kappa shape index (κ1) is 17.4. The number of benzene rings is 2. The molecule has 2 aromatic carbocycles. The Labute approximate surface area is 138 Å². The van der Waals surface area contributed by atoms with Crippen molar-refractivity contribution in [3.8, 4) is 0 Å². The highest BCUT2D eigenvalue weighted by molar-refractivity contribution is 7.92. The Morgan fingerprint density at radius 3 is 2.46 bits per heavy atom. The number of non-ortho nitro benzene ring substituents is 1. The second kappa shape index (κ2) is 6.67. The van der Waals surface area contributed by atoms with Crippen molar-refractivity contribution < 1.29 is 18.1 Å². The minimum Gasteiger partial charge on any atom is -0.322 e. The summed E-state index contributed by atoms with van der Waals surface area (Å²) in [7, 11) is -3.47. The monoisotopic (exact) mass is 349 g/mol. The van der Waals surface area contributed by atoms with Gasteiger partial charge in [-0.2, -0.15) is 0 Å². The van der Waals surface area contributed by atoms with Gasteiger partial charge in [-0.1, -0.05) is 12.1 Å². The van der Waals surface area contributed by atoms with Crippen LogP contribution in [0.4, 0.5) is 17.1 Å². The van der Waals surface area contributed by atoms with Gasteiger partial charge in [0.05, 0.1) is 16.9 Å². The molecule has 9 heteroatoms. The van der Waals surface area contributed by atoms with Crippen molar-refractivity contribution in [2.24, 2.45) is 0 Å². The number of nitro benzene ring substituents is 1. The maximum Gasteiger partial charge on any atom is 0.271 e. The third kappa shape index (κ3) is 4.29. The Bertz CT molecular complexity index is 909. The smallest absolute Gasteiger partial charge is 0.271 e. The maximum atomic E-state index is 12.4. The van der Waals surface area contributed by atoms with E-state index in [0.29, 0.717) is 11.3 Å². The third-order valence-electron chi connectivity index (χ3n) is 3.19. The molecule has 0 saturated carbocycles. The van der Waals surface area contributed by atoms with Crippen LogP contribution in [0.5, 0.6) is 0 Å². The molecule has 24 heavy (non-hydrogen) atoms. The summed E-state index contributed by atoms with van der Waals surface area (Å²) >= 11 is 0. The SMILES string of the molecule is Cc1c(NS(C)(=O)=O)cccc1C(=O)Nc1cccc([N+](=O)[O-])c1. The van der Waals surface area contributed by atoms with Gasteiger partial charge < -0.3 is 5.32 Å². The van der Waals surface area contributed by atoms with Crippen LogP contribution >= 0.6 is 0 Å². The van der Waals surface area contributed by atoms with Crippen LogP contribution < -0.4 is 10.0 Å². The first-order valence-corrected chi connectivity index (χ1v) is 8.70. The number of rotatable bonds is 5. The van der Waals surface area contributed by atoms with Gasteiger partial charge in [-0.25, -0.2) is 8.42 Å². The number of sulfonamides is 1. The summed E-state index contributed by atoms with van der Waals surface area (Å²) in [6, 6.07) is 10.2. The minimum absolute atomic E-state index is 0.142. The lowest BCUT2D eigenvalue weighted by molar-refractivity contribution is -0.384. The molecule has 0 aliphatic heterocycles. The quantitative estimate of drug-likeness (QED) is 0.635. The fourth-order valence-electron chi connectivity index (χ4n) is 2.09. The number of nitrogens with one attached hydrogen (secondary N) is 2. The summed E-state index contributed by atoms with van der Waals surface area (Å²) < 4.78 is 25.0. The summed E-state index contributed by atoms with van der Waals surface area (Å²) in [5, 5.41) is 13.3. The highest BCUT2D eigenvalue weighted by Crippen LogP contribution is 2.22. The van der Waals surface area contributed by atoms with Crippen molar-refractivity contribution in [2.45, 2.75) is 6.92 Å². The van der Waals surface area contributed by atoms with Crippen LogP contribution in [-0.2, 0) is 10.0 Å². The molecule has 0 aliphatic carbocycles. The summed E-state index contributed by atoms with van der Waals surface area (Å²) in [6.07, 6.45) is 1.02. The van der Waals surface area contributed by atoms with Gasteiger partial charge in [-0.05, 0) is 30.7 Å². The molecule has 0 heterocycles. The van der Waals surface area contributed by atoms with Gasteiger partial charge >= 0.3 is 0 Å². The topological polar surface area (TPSA) is 118 Å². The second-order valence-electron chi connectivity index (χ2n) is 5.11. The van der Waals surface area contributed by atoms with Gasteiger partial charge in [0, 0.05) is 23.4 Å². The van der Waals surface area contributed by atoms with Crippen molar-refractivity contribution >= 4 is 33.0 Å². The zero-order valence-electron chi connectivity index (χ0n) is 12.9. The Morgan fingerprint density at radius 1 is 1.17 bits per heavy atom. The van der Waals surface area contributed by atoms with Gasteiger partial charge in [0.15, 0.2) is 0 Å². The average molecular weight is 349 g/mol. The minimum atomic E-state index is -3.47. The first-order valence-electron chi connectivity index (χ1n) is 6.80. The van der Waals surface area contributed by atoms with Gasteiger partial charge in [0.2, 0.25) is 10.0 Å². The molecule has 0 aromatic heterocycles. The van der Waals surface area contributed by atoms with Crippen molar-refractivity contribution in [2.75, 3.05) is 16.3 Å². The van der Waals surface area contributed by atoms with Crippen LogP contribution in [0.15, 0.2) is 42.5 Å². The second-order valence-corrected chi connectivity index (χ2v) is 6.86. The van der Waals surface area contributed by atoms with Crippen LogP contribution in [0.2, 0.25) is 0 Å². The first-order chi connectivity index (χ1) is 11.2. The highest BCUT2D eigenvalue weighted by Gasteiger charge is 2.15. The molecule has 0 aliphatic rings. The highest BCUT2D eigenvalue weighted by atomic mass is 32.2. The predicted molar refractivity (Wildman–Crippen MR) is 90.7 cm³/mol. The Morgan fingerprint density at radius 2 is 1.83 bits per heavy atom. The molecule has 2 N–H and O–H groups in total.